The van der Waals surface area contributed by atoms with Crippen molar-refractivity contribution >= 4 is 33.7 Å². The molecule has 0 spiro atoms. The molecule has 1 amide bonds. The molecule has 0 fully saturated rings. The van der Waals surface area contributed by atoms with E-state index in [0.29, 0.717) is 16.8 Å². The van der Waals surface area contributed by atoms with Crippen LogP contribution in [0.25, 0.3) is 22.1 Å². The van der Waals surface area contributed by atoms with Gasteiger partial charge in [0.1, 0.15) is 12.1 Å². The topological polar surface area (TPSA) is 106 Å². The van der Waals surface area contributed by atoms with Gasteiger partial charge in [-0.15, -0.1) is 5.10 Å². The molecule has 23 heavy (non-hydrogen) atoms. The van der Waals surface area contributed by atoms with Crippen molar-refractivity contribution < 1.29 is 9.21 Å². The fourth-order valence-electron chi connectivity index (χ4n) is 2.40. The maximum absolute atomic E-state index is 12.2. The third-order valence-electron chi connectivity index (χ3n) is 3.42. The molecule has 0 aliphatic heterocycles. The Balaban J connectivity index is 1.55. The monoisotopic (exact) mass is 309 g/mol. The second kappa shape index (κ2) is 5.09. The molecule has 0 radical (unpaired) electrons. The maximum Gasteiger partial charge on any atom is 0.417 e. The number of hydrogen-bond donors (Lipinski definition) is 2. The molecule has 0 aliphatic carbocycles. The number of anilines is 1. The van der Waals surface area contributed by atoms with Gasteiger partial charge in [-0.25, -0.2) is 9.48 Å². The van der Waals surface area contributed by atoms with Gasteiger partial charge < -0.3 is 9.73 Å². The molecule has 8 heteroatoms. The summed E-state index contributed by atoms with van der Waals surface area (Å²) < 4.78 is 6.45. The van der Waals surface area contributed by atoms with Gasteiger partial charge in [0.25, 0.3) is 0 Å². The Bertz CT molecular complexity index is 1080. The molecule has 2 aromatic carbocycles. The zero-order chi connectivity index (χ0) is 15.8. The van der Waals surface area contributed by atoms with Crippen LogP contribution in [0.3, 0.4) is 0 Å². The number of nitrogens with one attached hydrogen (secondary N) is 2. The van der Waals surface area contributed by atoms with Gasteiger partial charge in [-0.2, -0.15) is 0 Å². The number of rotatable bonds is 3. The van der Waals surface area contributed by atoms with Crippen molar-refractivity contribution in [3.63, 3.8) is 0 Å². The van der Waals surface area contributed by atoms with Gasteiger partial charge >= 0.3 is 5.76 Å². The van der Waals surface area contributed by atoms with Crippen LogP contribution in [0.5, 0.6) is 0 Å². The van der Waals surface area contributed by atoms with Gasteiger partial charge in [-0.3, -0.25) is 9.78 Å². The minimum atomic E-state index is -0.530. The Morgan fingerprint density at radius 3 is 3.04 bits per heavy atom. The molecule has 4 aromatic rings. The summed E-state index contributed by atoms with van der Waals surface area (Å²) in [6, 6.07) is 12.3. The first kappa shape index (κ1) is 13.3. The largest absolute Gasteiger partial charge is 0.417 e. The van der Waals surface area contributed by atoms with Crippen molar-refractivity contribution in [2.75, 3.05) is 5.32 Å². The lowest BCUT2D eigenvalue weighted by Gasteiger charge is -2.05. The van der Waals surface area contributed by atoms with Gasteiger partial charge in [0.2, 0.25) is 5.91 Å². The fourth-order valence-corrected chi connectivity index (χ4v) is 2.40. The lowest BCUT2D eigenvalue weighted by molar-refractivity contribution is -0.116. The molecule has 2 N–H and O–H groups in total. The Morgan fingerprint density at radius 1 is 1.26 bits per heavy atom. The van der Waals surface area contributed by atoms with Crippen LogP contribution >= 0.6 is 0 Å². The molecule has 8 nitrogen and oxygen atoms in total. The zero-order valence-electron chi connectivity index (χ0n) is 11.8. The Hall–Kier alpha value is -3.42. The van der Waals surface area contributed by atoms with Crippen LogP contribution in [0.1, 0.15) is 0 Å². The highest BCUT2D eigenvalue weighted by molar-refractivity contribution is 5.93. The molecule has 0 bridgehead atoms. The number of amides is 1. The maximum atomic E-state index is 12.2. The lowest BCUT2D eigenvalue weighted by Crippen LogP contribution is -2.19. The second-order valence-corrected chi connectivity index (χ2v) is 5.01. The number of carbonyl (C=O) groups is 1. The minimum Gasteiger partial charge on any atom is -0.408 e. The standard InChI is InChI=1S/C15H11N5O3/c21-14(8-20-12-4-2-1-3-10(12)18-19-20)16-9-5-6-13-11(7-9)17-15(22)23-13/h1-7H,8H2,(H,16,21)(H,17,22). The summed E-state index contributed by atoms with van der Waals surface area (Å²) >= 11 is 0. The lowest BCUT2D eigenvalue weighted by atomic mass is 10.3. The average molecular weight is 309 g/mol. The van der Waals surface area contributed by atoms with Crippen LogP contribution in [-0.4, -0.2) is 25.9 Å². The molecule has 2 heterocycles. The molecule has 0 saturated carbocycles. The number of hydrogen-bond acceptors (Lipinski definition) is 5. The van der Waals surface area contributed by atoms with E-state index < -0.39 is 5.76 Å². The minimum absolute atomic E-state index is 0.0421. The van der Waals surface area contributed by atoms with Crippen molar-refractivity contribution in [2.24, 2.45) is 0 Å². The predicted molar refractivity (Wildman–Crippen MR) is 83.0 cm³/mol. The van der Waals surface area contributed by atoms with E-state index in [2.05, 4.69) is 20.6 Å². The number of nitrogens with zero attached hydrogens (tertiary/aromatic N) is 3. The average Bonchev–Trinajstić information content (AvgIpc) is 3.10. The van der Waals surface area contributed by atoms with Gasteiger partial charge in [-0.05, 0) is 30.3 Å². The Kier molecular flexibility index (Phi) is 2.94. The van der Waals surface area contributed by atoms with E-state index in [1.54, 1.807) is 18.2 Å². The third-order valence-corrected chi connectivity index (χ3v) is 3.42. The molecular weight excluding hydrogens is 298 g/mol. The van der Waals surface area contributed by atoms with E-state index in [0.717, 1.165) is 11.0 Å². The Morgan fingerprint density at radius 2 is 2.13 bits per heavy atom. The van der Waals surface area contributed by atoms with Gasteiger partial charge in [-0.1, -0.05) is 17.3 Å². The molecule has 2 aromatic heterocycles. The first-order chi connectivity index (χ1) is 11.2. The highest BCUT2D eigenvalue weighted by atomic mass is 16.4. The summed E-state index contributed by atoms with van der Waals surface area (Å²) in [4.78, 5) is 25.8. The van der Waals surface area contributed by atoms with Crippen LogP contribution in [0.15, 0.2) is 51.7 Å². The van der Waals surface area contributed by atoms with Crippen LogP contribution in [0, 0.1) is 0 Å². The zero-order valence-corrected chi connectivity index (χ0v) is 11.8. The highest BCUT2D eigenvalue weighted by Gasteiger charge is 2.10. The normalized spacial score (nSPS) is 11.1. The number of carbonyl (C=O) groups excluding carboxylic acids is 1. The van der Waals surface area contributed by atoms with E-state index >= 15 is 0 Å². The molecule has 0 unspecified atom stereocenters. The van der Waals surface area contributed by atoms with Crippen LogP contribution in [-0.2, 0) is 11.3 Å². The number of fused-ring (bicyclic) bond motifs is 2. The van der Waals surface area contributed by atoms with Crippen LogP contribution < -0.4 is 11.1 Å². The SMILES string of the molecule is O=C(Cn1nnc2ccccc21)Nc1ccc2oc(=O)[nH]c2c1. The molecule has 4 rings (SSSR count). The van der Waals surface area contributed by atoms with Crippen molar-refractivity contribution in [1.82, 2.24) is 20.0 Å². The summed E-state index contributed by atoms with van der Waals surface area (Å²) in [6.45, 7) is 0.0421. The molecule has 0 atom stereocenters. The number of H-pyrrole nitrogens is 1. The van der Waals surface area contributed by atoms with Crippen molar-refractivity contribution in [3.8, 4) is 0 Å². The number of aromatic amines is 1. The molecule has 0 aliphatic rings. The van der Waals surface area contributed by atoms with E-state index in [1.165, 1.54) is 4.68 Å². The van der Waals surface area contributed by atoms with Gasteiger partial charge in [0.05, 0.1) is 11.0 Å². The highest BCUT2D eigenvalue weighted by Crippen LogP contribution is 2.16. The quantitative estimate of drug-likeness (QED) is 0.596. The summed E-state index contributed by atoms with van der Waals surface area (Å²) in [7, 11) is 0. The van der Waals surface area contributed by atoms with Crippen LogP contribution in [0.2, 0.25) is 0 Å². The summed E-state index contributed by atoms with van der Waals surface area (Å²) in [5.41, 5.74) is 3.05. The molecular formula is C15H11N5O3. The van der Waals surface area contributed by atoms with Crippen molar-refractivity contribution in [2.45, 2.75) is 6.54 Å². The first-order valence-corrected chi connectivity index (χ1v) is 6.90. The molecule has 0 saturated heterocycles. The second-order valence-electron chi connectivity index (χ2n) is 5.01. The number of oxazole rings is 1. The Labute approximate surface area is 128 Å². The summed E-state index contributed by atoms with van der Waals surface area (Å²) in [5.74, 6) is -0.775. The number of para-hydroxylation sites is 1. The van der Waals surface area contributed by atoms with E-state index in [9.17, 15) is 9.59 Å². The number of benzene rings is 2. The summed E-state index contributed by atoms with van der Waals surface area (Å²) in [6.07, 6.45) is 0. The number of aromatic nitrogens is 4. The fraction of sp³-hybridized carbons (Fsp3) is 0.0667. The first-order valence-electron chi connectivity index (χ1n) is 6.90. The van der Waals surface area contributed by atoms with Gasteiger partial charge in [0.15, 0.2) is 5.58 Å². The van der Waals surface area contributed by atoms with Crippen molar-refractivity contribution in [3.05, 3.63) is 53.0 Å². The predicted octanol–water partition coefficient (Wildman–Crippen LogP) is 1.50. The van der Waals surface area contributed by atoms with Gasteiger partial charge in [0, 0.05) is 5.69 Å². The third kappa shape index (κ3) is 2.46. The van der Waals surface area contributed by atoms with E-state index in [1.807, 2.05) is 24.3 Å². The van der Waals surface area contributed by atoms with Crippen LogP contribution in [0.4, 0.5) is 5.69 Å². The van der Waals surface area contributed by atoms with E-state index in [4.69, 9.17) is 4.42 Å². The molecule has 114 valence electrons. The van der Waals surface area contributed by atoms with E-state index in [-0.39, 0.29) is 12.5 Å². The summed E-state index contributed by atoms with van der Waals surface area (Å²) in [5, 5.41) is 10.7. The smallest absolute Gasteiger partial charge is 0.408 e. The van der Waals surface area contributed by atoms with Crippen molar-refractivity contribution in [1.29, 1.82) is 0 Å².